The summed E-state index contributed by atoms with van der Waals surface area (Å²) in [7, 11) is 0. The Hall–Kier alpha value is -3.59. The Morgan fingerprint density at radius 2 is 1.25 bits per heavy atom. The molecule has 28 heavy (non-hydrogen) atoms. The number of nitrogens with zero attached hydrogens (tertiary/aromatic N) is 3. The highest BCUT2D eigenvalue weighted by molar-refractivity contribution is 5.95. The van der Waals surface area contributed by atoms with Crippen molar-refractivity contribution in [1.29, 1.82) is 0 Å². The number of aromatic nitrogens is 1. The van der Waals surface area contributed by atoms with Crippen LogP contribution in [0.4, 0.5) is 22.9 Å². The Labute approximate surface area is 165 Å². The lowest BCUT2D eigenvalue weighted by Gasteiger charge is -2.22. The summed E-state index contributed by atoms with van der Waals surface area (Å²) in [6.07, 6.45) is 1.92. The van der Waals surface area contributed by atoms with Crippen LogP contribution >= 0.6 is 0 Å². The van der Waals surface area contributed by atoms with Crippen molar-refractivity contribution in [2.45, 2.75) is 6.92 Å². The third-order valence-corrected chi connectivity index (χ3v) is 5.28. The fourth-order valence-corrected chi connectivity index (χ4v) is 3.91. The van der Waals surface area contributed by atoms with Crippen molar-refractivity contribution >= 4 is 22.9 Å². The van der Waals surface area contributed by atoms with Gasteiger partial charge < -0.3 is 9.80 Å². The summed E-state index contributed by atoms with van der Waals surface area (Å²) in [6.45, 7) is 2.90. The molecule has 0 spiro atoms. The van der Waals surface area contributed by atoms with E-state index in [1.807, 2.05) is 12.3 Å². The molecular formula is C25H21N3. The van der Waals surface area contributed by atoms with Crippen LogP contribution in [0.25, 0.3) is 11.1 Å². The number of benzene rings is 3. The molecule has 1 aliphatic heterocycles. The van der Waals surface area contributed by atoms with E-state index >= 15 is 0 Å². The lowest BCUT2D eigenvalue weighted by Crippen LogP contribution is -2.24. The standard InChI is InChI=1S/C25H21N3/c1-19-10-8-9-15-22(19)23-16-17-26-25-24(23)27(20-11-4-2-5-12-20)18-28(25)21-13-6-3-7-14-21/h2-17H,18H2,1H3. The van der Waals surface area contributed by atoms with E-state index in [4.69, 9.17) is 4.98 Å². The van der Waals surface area contributed by atoms with Gasteiger partial charge in [-0.15, -0.1) is 0 Å². The third-order valence-electron chi connectivity index (χ3n) is 5.28. The highest BCUT2D eigenvalue weighted by Gasteiger charge is 2.32. The number of fused-ring (bicyclic) bond motifs is 1. The molecule has 0 unspecified atom stereocenters. The summed E-state index contributed by atoms with van der Waals surface area (Å²) in [5, 5.41) is 0. The van der Waals surface area contributed by atoms with Crippen LogP contribution < -0.4 is 9.80 Å². The molecule has 2 heterocycles. The van der Waals surface area contributed by atoms with Crippen molar-refractivity contribution in [3.05, 3.63) is 103 Å². The highest BCUT2D eigenvalue weighted by Crippen LogP contribution is 2.48. The van der Waals surface area contributed by atoms with Crippen LogP contribution in [0.5, 0.6) is 0 Å². The van der Waals surface area contributed by atoms with Crippen LogP contribution in [0.1, 0.15) is 5.56 Å². The average molecular weight is 363 g/mol. The van der Waals surface area contributed by atoms with Gasteiger partial charge in [-0.1, -0.05) is 60.7 Å². The summed E-state index contributed by atoms with van der Waals surface area (Å²) in [5.41, 5.74) is 7.21. The minimum Gasteiger partial charge on any atom is -0.319 e. The number of rotatable bonds is 3. The molecule has 1 aromatic heterocycles. The van der Waals surface area contributed by atoms with Gasteiger partial charge in [-0.2, -0.15) is 0 Å². The molecule has 3 nitrogen and oxygen atoms in total. The molecule has 0 fully saturated rings. The zero-order chi connectivity index (χ0) is 18.9. The van der Waals surface area contributed by atoms with Gasteiger partial charge in [0.15, 0.2) is 5.82 Å². The highest BCUT2D eigenvalue weighted by atomic mass is 15.4. The third kappa shape index (κ3) is 2.72. The molecule has 3 heteroatoms. The molecule has 0 N–H and O–H groups in total. The second-order valence-electron chi connectivity index (χ2n) is 7.01. The van der Waals surface area contributed by atoms with Gasteiger partial charge in [0.25, 0.3) is 0 Å². The minimum atomic E-state index is 0.735. The molecular weight excluding hydrogens is 342 g/mol. The van der Waals surface area contributed by atoms with E-state index in [1.54, 1.807) is 0 Å². The van der Waals surface area contributed by atoms with Crippen LogP contribution in [-0.2, 0) is 0 Å². The zero-order valence-electron chi connectivity index (χ0n) is 15.8. The van der Waals surface area contributed by atoms with Gasteiger partial charge in [0, 0.05) is 23.1 Å². The molecule has 0 saturated carbocycles. The summed E-state index contributed by atoms with van der Waals surface area (Å²) in [6, 6.07) is 31.7. The van der Waals surface area contributed by atoms with Crippen molar-refractivity contribution in [3.63, 3.8) is 0 Å². The number of pyridine rings is 1. The maximum absolute atomic E-state index is 4.79. The molecule has 4 aromatic rings. The second kappa shape index (κ2) is 6.86. The van der Waals surface area contributed by atoms with Crippen molar-refractivity contribution < 1.29 is 0 Å². The molecule has 0 radical (unpaired) electrons. The smallest absolute Gasteiger partial charge is 0.159 e. The van der Waals surface area contributed by atoms with Gasteiger partial charge in [0.05, 0.1) is 5.69 Å². The number of hydrogen-bond acceptors (Lipinski definition) is 3. The molecule has 0 bridgehead atoms. The number of aryl methyl sites for hydroxylation is 1. The predicted molar refractivity (Wildman–Crippen MR) is 116 cm³/mol. The number of anilines is 4. The molecule has 0 saturated heterocycles. The molecule has 3 aromatic carbocycles. The fourth-order valence-electron chi connectivity index (χ4n) is 3.91. The molecule has 0 aliphatic carbocycles. The van der Waals surface area contributed by atoms with Crippen LogP contribution in [0.2, 0.25) is 0 Å². The van der Waals surface area contributed by atoms with Crippen molar-refractivity contribution in [2.75, 3.05) is 16.5 Å². The van der Waals surface area contributed by atoms with E-state index in [9.17, 15) is 0 Å². The Bertz CT molecular complexity index is 1110. The average Bonchev–Trinajstić information content (AvgIpc) is 3.15. The maximum atomic E-state index is 4.79. The van der Waals surface area contributed by atoms with Crippen LogP contribution in [-0.4, -0.2) is 11.7 Å². The lowest BCUT2D eigenvalue weighted by atomic mass is 9.99. The van der Waals surface area contributed by atoms with Crippen LogP contribution in [0.3, 0.4) is 0 Å². The predicted octanol–water partition coefficient (Wildman–Crippen LogP) is 6.30. The normalized spacial score (nSPS) is 12.9. The van der Waals surface area contributed by atoms with Gasteiger partial charge in [-0.25, -0.2) is 4.98 Å². The summed E-state index contributed by atoms with van der Waals surface area (Å²) < 4.78 is 0. The van der Waals surface area contributed by atoms with Crippen LogP contribution in [0, 0.1) is 6.92 Å². The molecule has 0 amide bonds. The Morgan fingerprint density at radius 3 is 1.93 bits per heavy atom. The minimum absolute atomic E-state index is 0.735. The molecule has 5 rings (SSSR count). The van der Waals surface area contributed by atoms with Crippen molar-refractivity contribution in [1.82, 2.24) is 4.98 Å². The second-order valence-corrected chi connectivity index (χ2v) is 7.01. The number of hydrogen-bond donors (Lipinski definition) is 0. The quantitative estimate of drug-likeness (QED) is 0.425. The van der Waals surface area contributed by atoms with Gasteiger partial charge in [0.1, 0.15) is 6.67 Å². The lowest BCUT2D eigenvalue weighted by molar-refractivity contribution is 0.981. The maximum Gasteiger partial charge on any atom is 0.159 e. The van der Waals surface area contributed by atoms with E-state index in [0.29, 0.717) is 0 Å². The Kier molecular flexibility index (Phi) is 4.06. The zero-order valence-corrected chi connectivity index (χ0v) is 15.8. The van der Waals surface area contributed by atoms with Gasteiger partial charge in [-0.3, -0.25) is 0 Å². The topological polar surface area (TPSA) is 19.4 Å². The van der Waals surface area contributed by atoms with Gasteiger partial charge >= 0.3 is 0 Å². The monoisotopic (exact) mass is 363 g/mol. The number of para-hydroxylation sites is 2. The van der Waals surface area contributed by atoms with Gasteiger partial charge in [0.2, 0.25) is 0 Å². The summed E-state index contributed by atoms with van der Waals surface area (Å²) in [4.78, 5) is 9.43. The summed E-state index contributed by atoms with van der Waals surface area (Å²) in [5.74, 6) is 0.996. The van der Waals surface area contributed by atoms with E-state index in [-0.39, 0.29) is 0 Å². The SMILES string of the molecule is Cc1ccccc1-c1ccnc2c1N(c1ccccc1)CN2c1ccccc1. The fraction of sp³-hybridized carbons (Fsp3) is 0.0800. The van der Waals surface area contributed by atoms with E-state index in [2.05, 4.69) is 102 Å². The van der Waals surface area contributed by atoms with E-state index < -0.39 is 0 Å². The first kappa shape index (κ1) is 16.6. The largest absolute Gasteiger partial charge is 0.319 e. The summed E-state index contributed by atoms with van der Waals surface area (Å²) >= 11 is 0. The van der Waals surface area contributed by atoms with Gasteiger partial charge in [-0.05, 0) is 48.4 Å². The first-order chi connectivity index (χ1) is 13.8. The van der Waals surface area contributed by atoms with Crippen LogP contribution in [0.15, 0.2) is 97.2 Å². The first-order valence-corrected chi connectivity index (χ1v) is 9.53. The van der Waals surface area contributed by atoms with Crippen molar-refractivity contribution in [2.24, 2.45) is 0 Å². The molecule has 136 valence electrons. The van der Waals surface area contributed by atoms with E-state index in [0.717, 1.165) is 23.9 Å². The Balaban J connectivity index is 1.74. The van der Waals surface area contributed by atoms with E-state index in [1.165, 1.54) is 22.4 Å². The van der Waals surface area contributed by atoms with Crippen molar-refractivity contribution in [3.8, 4) is 11.1 Å². The molecule has 1 aliphatic rings. The Morgan fingerprint density at radius 1 is 0.643 bits per heavy atom. The first-order valence-electron chi connectivity index (χ1n) is 9.53. The molecule has 0 atom stereocenters.